The van der Waals surface area contributed by atoms with E-state index in [0.29, 0.717) is 19.0 Å². The first-order chi connectivity index (χ1) is 15.4. The first-order valence-corrected chi connectivity index (χ1v) is 11.3. The molecule has 0 spiro atoms. The minimum absolute atomic E-state index is 0.220. The lowest BCUT2D eigenvalue weighted by Crippen LogP contribution is -2.31. The maximum absolute atomic E-state index is 10.0. The van der Waals surface area contributed by atoms with E-state index in [4.69, 9.17) is 14.6 Å². The first-order valence-electron chi connectivity index (χ1n) is 11.3. The summed E-state index contributed by atoms with van der Waals surface area (Å²) in [6, 6.07) is 17.6. The van der Waals surface area contributed by atoms with Crippen molar-refractivity contribution in [3.63, 3.8) is 0 Å². The molecular weight excluding hydrogens is 402 g/mol. The lowest BCUT2D eigenvalue weighted by Gasteiger charge is -2.24. The summed E-state index contributed by atoms with van der Waals surface area (Å²) in [5.74, 6) is 2.48. The summed E-state index contributed by atoms with van der Waals surface area (Å²) in [4.78, 5) is 2.27. The summed E-state index contributed by atoms with van der Waals surface area (Å²) >= 11 is 0. The Morgan fingerprint density at radius 3 is 2.25 bits per heavy atom. The van der Waals surface area contributed by atoms with Gasteiger partial charge in [-0.3, -0.25) is 4.90 Å². The molecule has 1 aromatic heterocycles. The van der Waals surface area contributed by atoms with Crippen molar-refractivity contribution < 1.29 is 14.6 Å². The van der Waals surface area contributed by atoms with Gasteiger partial charge in [0, 0.05) is 13.1 Å². The molecule has 0 amide bonds. The number of aliphatic hydroxyl groups excluding tert-OH is 1. The summed E-state index contributed by atoms with van der Waals surface area (Å²) in [5, 5.41) is 15.0. The van der Waals surface area contributed by atoms with E-state index < -0.39 is 6.10 Å². The Bertz CT molecular complexity index is 966. The molecule has 0 aliphatic carbocycles. The molecule has 172 valence electrons. The predicted molar refractivity (Wildman–Crippen MR) is 128 cm³/mol. The molecule has 0 bridgehead atoms. The van der Waals surface area contributed by atoms with Gasteiger partial charge in [-0.15, -0.1) is 0 Å². The molecule has 0 aliphatic rings. The van der Waals surface area contributed by atoms with Crippen LogP contribution in [-0.4, -0.2) is 46.1 Å². The smallest absolute Gasteiger partial charge is 0.227 e. The average Bonchev–Trinajstić information content (AvgIpc) is 3.12. The zero-order chi connectivity index (χ0) is 23.1. The van der Waals surface area contributed by atoms with Crippen LogP contribution in [0.4, 0.5) is 0 Å². The van der Waals surface area contributed by atoms with Gasteiger partial charge in [-0.05, 0) is 62.2 Å². The summed E-state index contributed by atoms with van der Waals surface area (Å²) in [6.07, 6.45) is 0.602. The van der Waals surface area contributed by atoms with Crippen molar-refractivity contribution >= 4 is 0 Å². The third-order valence-corrected chi connectivity index (χ3v) is 5.23. The quantitative estimate of drug-likeness (QED) is 0.436. The van der Waals surface area contributed by atoms with Gasteiger partial charge in [0.2, 0.25) is 5.88 Å². The molecule has 3 rings (SSSR count). The standard InChI is InChI=1S/C26H35N3O3/c1-6-16-28(17-20(4)30)18-24-25(19(2)3)27-29(21-12-14-22(31-5)15-13-21)26(24)32-23-10-8-7-9-11-23/h7-15,19-20,30H,6,16-18H2,1-5H3. The molecule has 0 radical (unpaired) electrons. The third-order valence-electron chi connectivity index (χ3n) is 5.23. The maximum atomic E-state index is 10.0. The van der Waals surface area contributed by atoms with Crippen molar-refractivity contribution in [2.24, 2.45) is 0 Å². The first kappa shape index (κ1) is 23.8. The number of nitrogens with zero attached hydrogens (tertiary/aromatic N) is 3. The number of rotatable bonds is 11. The fourth-order valence-electron chi connectivity index (χ4n) is 3.82. The van der Waals surface area contributed by atoms with Crippen LogP contribution in [0, 0.1) is 0 Å². The van der Waals surface area contributed by atoms with Gasteiger partial charge >= 0.3 is 0 Å². The van der Waals surface area contributed by atoms with Crippen LogP contribution < -0.4 is 9.47 Å². The molecule has 1 N–H and O–H groups in total. The average molecular weight is 438 g/mol. The summed E-state index contributed by atoms with van der Waals surface area (Å²) < 4.78 is 13.6. The highest BCUT2D eigenvalue weighted by Crippen LogP contribution is 2.35. The SMILES string of the molecule is CCCN(Cc1c(C(C)C)nn(-c2ccc(OC)cc2)c1Oc1ccccc1)CC(C)O. The molecule has 2 aromatic carbocycles. The van der Waals surface area contributed by atoms with E-state index in [2.05, 4.69) is 25.7 Å². The van der Waals surface area contributed by atoms with Crippen LogP contribution in [0.2, 0.25) is 0 Å². The highest BCUT2D eigenvalue weighted by Gasteiger charge is 2.25. The van der Waals surface area contributed by atoms with Gasteiger partial charge in [0.25, 0.3) is 0 Å². The lowest BCUT2D eigenvalue weighted by molar-refractivity contribution is 0.121. The van der Waals surface area contributed by atoms with E-state index in [9.17, 15) is 5.11 Å². The van der Waals surface area contributed by atoms with Crippen LogP contribution in [0.5, 0.6) is 17.4 Å². The number of aromatic nitrogens is 2. The molecule has 1 heterocycles. The molecule has 6 heteroatoms. The molecule has 32 heavy (non-hydrogen) atoms. The van der Waals surface area contributed by atoms with Crippen LogP contribution in [0.1, 0.15) is 51.3 Å². The number of hydrogen-bond acceptors (Lipinski definition) is 5. The second-order valence-electron chi connectivity index (χ2n) is 8.43. The van der Waals surface area contributed by atoms with E-state index in [-0.39, 0.29) is 5.92 Å². The van der Waals surface area contributed by atoms with E-state index in [1.807, 2.05) is 66.2 Å². The monoisotopic (exact) mass is 437 g/mol. The van der Waals surface area contributed by atoms with Crippen molar-refractivity contribution in [3.05, 3.63) is 65.9 Å². The third kappa shape index (κ3) is 5.90. The van der Waals surface area contributed by atoms with E-state index in [1.54, 1.807) is 7.11 Å². The Kier molecular flexibility index (Phi) is 8.31. The highest BCUT2D eigenvalue weighted by molar-refractivity contribution is 5.46. The van der Waals surface area contributed by atoms with Gasteiger partial charge < -0.3 is 14.6 Å². The van der Waals surface area contributed by atoms with Crippen LogP contribution in [-0.2, 0) is 6.54 Å². The fraction of sp³-hybridized carbons (Fsp3) is 0.423. The molecule has 0 fully saturated rings. The second kappa shape index (κ2) is 11.2. The van der Waals surface area contributed by atoms with Gasteiger partial charge in [-0.25, -0.2) is 4.68 Å². The van der Waals surface area contributed by atoms with Crippen molar-refractivity contribution in [1.82, 2.24) is 14.7 Å². The normalized spacial score (nSPS) is 12.4. The van der Waals surface area contributed by atoms with Crippen LogP contribution in [0.25, 0.3) is 5.69 Å². The molecule has 1 atom stereocenters. The Morgan fingerprint density at radius 2 is 1.69 bits per heavy atom. The van der Waals surface area contributed by atoms with Crippen LogP contribution >= 0.6 is 0 Å². The van der Waals surface area contributed by atoms with Gasteiger partial charge in [0.15, 0.2) is 0 Å². The van der Waals surface area contributed by atoms with E-state index in [0.717, 1.165) is 41.4 Å². The second-order valence-corrected chi connectivity index (χ2v) is 8.43. The zero-order valence-corrected chi connectivity index (χ0v) is 19.8. The summed E-state index contributed by atoms with van der Waals surface area (Å²) in [7, 11) is 1.66. The van der Waals surface area contributed by atoms with E-state index in [1.165, 1.54) is 0 Å². The number of hydrogen-bond donors (Lipinski definition) is 1. The number of para-hydroxylation sites is 1. The Labute approximate surface area is 191 Å². The fourth-order valence-corrected chi connectivity index (χ4v) is 3.82. The minimum Gasteiger partial charge on any atom is -0.497 e. The molecule has 1 unspecified atom stereocenters. The maximum Gasteiger partial charge on any atom is 0.227 e. The lowest BCUT2D eigenvalue weighted by atomic mass is 10.1. The molecule has 0 saturated carbocycles. The van der Waals surface area contributed by atoms with Gasteiger partial charge in [-0.2, -0.15) is 5.10 Å². The van der Waals surface area contributed by atoms with Crippen LogP contribution in [0.3, 0.4) is 0 Å². The topological polar surface area (TPSA) is 59.8 Å². The minimum atomic E-state index is -0.404. The Balaban J connectivity index is 2.12. The molecule has 0 aliphatic heterocycles. The molecular formula is C26H35N3O3. The van der Waals surface area contributed by atoms with Crippen molar-refractivity contribution in [2.45, 2.75) is 52.7 Å². The number of aliphatic hydroxyl groups is 1. The largest absolute Gasteiger partial charge is 0.497 e. The number of benzene rings is 2. The van der Waals surface area contributed by atoms with Gasteiger partial charge in [-0.1, -0.05) is 39.0 Å². The predicted octanol–water partition coefficient (Wildman–Crippen LogP) is 5.39. The Hall–Kier alpha value is -2.83. The van der Waals surface area contributed by atoms with Crippen molar-refractivity contribution in [3.8, 4) is 23.1 Å². The van der Waals surface area contributed by atoms with Gasteiger partial charge in [0.05, 0.1) is 30.2 Å². The molecule has 3 aromatic rings. The zero-order valence-electron chi connectivity index (χ0n) is 19.8. The Morgan fingerprint density at radius 1 is 1.00 bits per heavy atom. The van der Waals surface area contributed by atoms with Gasteiger partial charge in [0.1, 0.15) is 11.5 Å². The number of methoxy groups -OCH3 is 1. The molecule has 0 saturated heterocycles. The molecule has 6 nitrogen and oxygen atoms in total. The van der Waals surface area contributed by atoms with Crippen molar-refractivity contribution in [2.75, 3.05) is 20.2 Å². The summed E-state index contributed by atoms with van der Waals surface area (Å²) in [6.45, 7) is 10.4. The van der Waals surface area contributed by atoms with E-state index >= 15 is 0 Å². The van der Waals surface area contributed by atoms with Crippen molar-refractivity contribution in [1.29, 1.82) is 0 Å². The highest BCUT2D eigenvalue weighted by atomic mass is 16.5. The van der Waals surface area contributed by atoms with Crippen LogP contribution in [0.15, 0.2) is 54.6 Å². The number of ether oxygens (including phenoxy) is 2. The summed E-state index contributed by atoms with van der Waals surface area (Å²) in [5.41, 5.74) is 2.95.